The Morgan fingerprint density at radius 1 is 1.38 bits per heavy atom. The lowest BCUT2D eigenvalue weighted by atomic mass is 10.0. The Hall–Kier alpha value is -1.76. The second-order valence-electron chi connectivity index (χ2n) is 6.28. The SMILES string of the molecule is Cc1ccc(Cc2cnc(NC(=O)[C@@H]3CC[C@H](CN)O3)s2)cc1C. The molecule has 0 saturated carbocycles. The molecule has 3 N–H and O–H groups in total. The van der Waals surface area contributed by atoms with Crippen molar-refractivity contribution in [2.75, 3.05) is 11.9 Å². The van der Waals surface area contributed by atoms with Gasteiger partial charge in [0, 0.05) is 24.0 Å². The molecule has 0 bridgehead atoms. The van der Waals surface area contributed by atoms with E-state index in [2.05, 4.69) is 42.3 Å². The van der Waals surface area contributed by atoms with Crippen molar-refractivity contribution < 1.29 is 9.53 Å². The number of amides is 1. The minimum atomic E-state index is -0.411. The number of benzene rings is 1. The lowest BCUT2D eigenvalue weighted by Crippen LogP contribution is -2.29. The first kappa shape index (κ1) is 17.1. The van der Waals surface area contributed by atoms with Crippen molar-refractivity contribution in [1.29, 1.82) is 0 Å². The fraction of sp³-hybridized carbons (Fsp3) is 0.444. The standard InChI is InChI=1S/C18H23N3O2S/c1-11-3-4-13(7-12(11)2)8-15-10-20-18(24-15)21-17(22)16-6-5-14(9-19)23-16/h3-4,7,10,14,16H,5-6,8-9,19H2,1-2H3,(H,20,21,22)/t14-,16+/m1/s1. The number of nitrogens with two attached hydrogens (primary N) is 1. The van der Waals surface area contributed by atoms with Gasteiger partial charge >= 0.3 is 0 Å². The minimum Gasteiger partial charge on any atom is -0.364 e. The van der Waals surface area contributed by atoms with Crippen LogP contribution in [0.25, 0.3) is 0 Å². The van der Waals surface area contributed by atoms with Crippen molar-refractivity contribution in [2.45, 2.75) is 45.3 Å². The number of aryl methyl sites for hydroxylation is 2. The fourth-order valence-corrected chi connectivity index (χ4v) is 3.67. The van der Waals surface area contributed by atoms with Gasteiger partial charge in [-0.15, -0.1) is 11.3 Å². The van der Waals surface area contributed by atoms with E-state index in [1.165, 1.54) is 28.0 Å². The molecule has 2 aromatic rings. The predicted molar refractivity (Wildman–Crippen MR) is 96.4 cm³/mol. The third-order valence-electron chi connectivity index (χ3n) is 4.40. The summed E-state index contributed by atoms with van der Waals surface area (Å²) in [7, 11) is 0. The van der Waals surface area contributed by atoms with Gasteiger partial charge in [0.25, 0.3) is 5.91 Å². The van der Waals surface area contributed by atoms with E-state index in [-0.39, 0.29) is 12.0 Å². The van der Waals surface area contributed by atoms with Crippen LogP contribution in [0, 0.1) is 13.8 Å². The van der Waals surface area contributed by atoms with Crippen molar-refractivity contribution in [3.05, 3.63) is 46.0 Å². The average Bonchev–Trinajstić information content (AvgIpc) is 3.20. The molecule has 1 fully saturated rings. The van der Waals surface area contributed by atoms with Crippen LogP contribution in [0.2, 0.25) is 0 Å². The van der Waals surface area contributed by atoms with Gasteiger partial charge in [-0.05, 0) is 43.4 Å². The van der Waals surface area contributed by atoms with Crippen LogP contribution in [-0.2, 0) is 16.0 Å². The highest BCUT2D eigenvalue weighted by atomic mass is 32.1. The molecule has 0 spiro atoms. The van der Waals surface area contributed by atoms with Gasteiger partial charge in [-0.2, -0.15) is 0 Å². The van der Waals surface area contributed by atoms with Crippen molar-refractivity contribution in [2.24, 2.45) is 5.73 Å². The first-order valence-electron chi connectivity index (χ1n) is 8.22. The Morgan fingerprint density at radius 3 is 2.92 bits per heavy atom. The van der Waals surface area contributed by atoms with Gasteiger partial charge in [-0.3, -0.25) is 10.1 Å². The van der Waals surface area contributed by atoms with Crippen LogP contribution in [0.3, 0.4) is 0 Å². The van der Waals surface area contributed by atoms with E-state index in [1.54, 1.807) is 0 Å². The van der Waals surface area contributed by atoms with Crippen LogP contribution in [0.15, 0.2) is 24.4 Å². The molecule has 5 nitrogen and oxygen atoms in total. The Labute approximate surface area is 146 Å². The molecule has 1 aliphatic rings. The Bertz CT molecular complexity index is 729. The summed E-state index contributed by atoms with van der Waals surface area (Å²) >= 11 is 1.51. The molecule has 1 saturated heterocycles. The third kappa shape index (κ3) is 4.01. The van der Waals surface area contributed by atoms with Crippen molar-refractivity contribution in [3.8, 4) is 0 Å². The van der Waals surface area contributed by atoms with E-state index in [0.717, 1.165) is 17.7 Å². The normalized spacial score (nSPS) is 20.3. The number of anilines is 1. The second-order valence-corrected chi connectivity index (χ2v) is 7.39. The largest absolute Gasteiger partial charge is 0.364 e. The van der Waals surface area contributed by atoms with Crippen LogP contribution in [0.5, 0.6) is 0 Å². The van der Waals surface area contributed by atoms with E-state index in [1.807, 2.05) is 6.20 Å². The van der Waals surface area contributed by atoms with Gasteiger partial charge in [-0.1, -0.05) is 18.2 Å². The van der Waals surface area contributed by atoms with Gasteiger partial charge in [0.2, 0.25) is 0 Å². The fourth-order valence-electron chi connectivity index (χ4n) is 2.82. The molecule has 1 aliphatic heterocycles. The molecule has 24 heavy (non-hydrogen) atoms. The van der Waals surface area contributed by atoms with E-state index in [4.69, 9.17) is 10.5 Å². The van der Waals surface area contributed by atoms with Crippen LogP contribution in [0.1, 0.15) is 34.4 Å². The number of carbonyl (C=O) groups excluding carboxylic acids is 1. The maximum atomic E-state index is 12.2. The van der Waals surface area contributed by atoms with E-state index in [0.29, 0.717) is 18.1 Å². The maximum Gasteiger partial charge on any atom is 0.255 e. The lowest BCUT2D eigenvalue weighted by molar-refractivity contribution is -0.126. The molecule has 0 aliphatic carbocycles. The molecule has 0 radical (unpaired) electrons. The van der Waals surface area contributed by atoms with Crippen molar-refractivity contribution in [1.82, 2.24) is 4.98 Å². The summed E-state index contributed by atoms with van der Waals surface area (Å²) in [6.07, 6.45) is 3.79. The molecular weight excluding hydrogens is 322 g/mol. The highest BCUT2D eigenvalue weighted by molar-refractivity contribution is 7.15. The molecule has 3 rings (SSSR count). The number of aromatic nitrogens is 1. The number of nitrogens with zero attached hydrogens (tertiary/aromatic N) is 1. The van der Waals surface area contributed by atoms with Crippen LogP contribution < -0.4 is 11.1 Å². The number of nitrogens with one attached hydrogen (secondary N) is 1. The maximum absolute atomic E-state index is 12.2. The number of hydrogen-bond acceptors (Lipinski definition) is 5. The van der Waals surface area contributed by atoms with Crippen molar-refractivity contribution >= 4 is 22.4 Å². The molecule has 1 aromatic carbocycles. The highest BCUT2D eigenvalue weighted by Gasteiger charge is 2.30. The molecule has 2 atom stereocenters. The zero-order chi connectivity index (χ0) is 17.1. The first-order valence-corrected chi connectivity index (χ1v) is 9.04. The van der Waals surface area contributed by atoms with Gasteiger partial charge in [-0.25, -0.2) is 4.98 Å². The topological polar surface area (TPSA) is 77.2 Å². The van der Waals surface area contributed by atoms with Crippen molar-refractivity contribution in [3.63, 3.8) is 0 Å². The monoisotopic (exact) mass is 345 g/mol. The zero-order valence-corrected chi connectivity index (χ0v) is 14.9. The summed E-state index contributed by atoms with van der Waals surface area (Å²) in [6, 6.07) is 6.48. The Balaban J connectivity index is 1.59. The Kier molecular flexibility index (Phi) is 5.28. The molecule has 128 valence electrons. The van der Waals surface area contributed by atoms with Gasteiger partial charge < -0.3 is 10.5 Å². The number of ether oxygens (including phenoxy) is 1. The van der Waals surface area contributed by atoms with Crippen LogP contribution >= 0.6 is 11.3 Å². The molecule has 0 unspecified atom stereocenters. The average molecular weight is 345 g/mol. The number of rotatable bonds is 5. The molecule has 1 aromatic heterocycles. The summed E-state index contributed by atoms with van der Waals surface area (Å²) in [5.41, 5.74) is 9.42. The van der Waals surface area contributed by atoms with E-state index in [9.17, 15) is 4.79 Å². The first-order chi connectivity index (χ1) is 11.5. The minimum absolute atomic E-state index is 0.00242. The number of hydrogen-bond donors (Lipinski definition) is 2. The molecule has 1 amide bonds. The van der Waals surface area contributed by atoms with E-state index >= 15 is 0 Å². The summed E-state index contributed by atoms with van der Waals surface area (Å²) in [5.74, 6) is -0.127. The third-order valence-corrected chi connectivity index (χ3v) is 5.31. The van der Waals surface area contributed by atoms with E-state index < -0.39 is 6.10 Å². The molecule has 6 heteroatoms. The lowest BCUT2D eigenvalue weighted by Gasteiger charge is -2.11. The van der Waals surface area contributed by atoms with Gasteiger partial charge in [0.05, 0.1) is 6.10 Å². The summed E-state index contributed by atoms with van der Waals surface area (Å²) < 4.78 is 5.61. The second kappa shape index (κ2) is 7.42. The summed E-state index contributed by atoms with van der Waals surface area (Å²) in [6.45, 7) is 4.69. The van der Waals surface area contributed by atoms with Gasteiger partial charge in [0.15, 0.2) is 5.13 Å². The quantitative estimate of drug-likeness (QED) is 0.873. The number of carbonyl (C=O) groups is 1. The highest BCUT2D eigenvalue weighted by Crippen LogP contribution is 2.24. The summed E-state index contributed by atoms with van der Waals surface area (Å²) in [5, 5.41) is 3.48. The molecular formula is C18H23N3O2S. The van der Waals surface area contributed by atoms with Crippen LogP contribution in [0.4, 0.5) is 5.13 Å². The zero-order valence-electron chi connectivity index (χ0n) is 14.0. The summed E-state index contributed by atoms with van der Waals surface area (Å²) in [4.78, 5) is 17.7. The smallest absolute Gasteiger partial charge is 0.255 e. The molecule has 2 heterocycles. The predicted octanol–water partition coefficient (Wildman–Crippen LogP) is 2.80. The van der Waals surface area contributed by atoms with Gasteiger partial charge in [0.1, 0.15) is 6.10 Å². The van der Waals surface area contributed by atoms with Crippen LogP contribution in [-0.4, -0.2) is 29.6 Å². The number of thiazole rings is 1. The Morgan fingerprint density at radius 2 is 2.21 bits per heavy atom.